The lowest BCUT2D eigenvalue weighted by molar-refractivity contribution is -0.000638. The van der Waals surface area contributed by atoms with Crippen LogP contribution in [0.3, 0.4) is 0 Å². The zero-order chi connectivity index (χ0) is 18.5. The van der Waals surface area contributed by atoms with Gasteiger partial charge in [-0.25, -0.2) is 4.98 Å². The molecule has 0 bridgehead atoms. The van der Waals surface area contributed by atoms with E-state index in [0.29, 0.717) is 18.8 Å². The highest BCUT2D eigenvalue weighted by atomic mass is 16.5. The van der Waals surface area contributed by atoms with Crippen molar-refractivity contribution in [3.8, 4) is 11.8 Å². The van der Waals surface area contributed by atoms with Gasteiger partial charge in [0.2, 0.25) is 0 Å². The third kappa shape index (κ3) is 4.13. The van der Waals surface area contributed by atoms with Crippen LogP contribution in [0.15, 0.2) is 30.3 Å². The Bertz CT molecular complexity index is 776. The number of rotatable bonds is 5. The van der Waals surface area contributed by atoms with Crippen molar-refractivity contribution < 1.29 is 14.6 Å². The number of anilines is 1. The molecule has 0 aliphatic carbocycles. The first kappa shape index (κ1) is 18.2. The van der Waals surface area contributed by atoms with E-state index in [4.69, 9.17) is 14.6 Å². The molecule has 0 amide bonds. The molecule has 26 heavy (non-hydrogen) atoms. The van der Waals surface area contributed by atoms with Gasteiger partial charge in [0.05, 0.1) is 30.5 Å². The van der Waals surface area contributed by atoms with Crippen LogP contribution in [-0.4, -0.2) is 35.5 Å². The molecule has 1 aliphatic rings. The van der Waals surface area contributed by atoms with Gasteiger partial charge in [-0.3, -0.25) is 0 Å². The van der Waals surface area contributed by atoms with Crippen LogP contribution >= 0.6 is 0 Å². The first-order chi connectivity index (χ1) is 12.6. The highest BCUT2D eigenvalue weighted by molar-refractivity contribution is 5.49. The number of ether oxygens (including phenoxy) is 2. The summed E-state index contributed by atoms with van der Waals surface area (Å²) in [5, 5.41) is 21.8. The van der Waals surface area contributed by atoms with Gasteiger partial charge in [-0.1, -0.05) is 12.1 Å². The number of nitrogens with one attached hydrogen (secondary N) is 1. The van der Waals surface area contributed by atoms with Gasteiger partial charge >= 0.3 is 0 Å². The first-order valence-corrected chi connectivity index (χ1v) is 8.70. The van der Waals surface area contributed by atoms with E-state index in [1.54, 1.807) is 0 Å². The molecule has 0 unspecified atom stereocenters. The number of aliphatic hydroxyl groups is 1. The maximum absolute atomic E-state index is 9.19. The topological polar surface area (TPSA) is 87.4 Å². The normalized spacial score (nSPS) is 19.6. The van der Waals surface area contributed by atoms with Gasteiger partial charge in [-0.05, 0) is 49.6 Å². The Hall–Kier alpha value is -2.62. The minimum atomic E-state index is -0.151. The summed E-state index contributed by atoms with van der Waals surface area (Å²) in [5.74, 6) is 1.49. The minimum Gasteiger partial charge on any atom is -0.486 e. The number of hydrogen-bond acceptors (Lipinski definition) is 6. The Morgan fingerprint density at radius 2 is 2.12 bits per heavy atom. The summed E-state index contributed by atoms with van der Waals surface area (Å²) >= 11 is 0. The fourth-order valence-electron chi connectivity index (χ4n) is 3.11. The van der Waals surface area contributed by atoms with Crippen LogP contribution in [0.2, 0.25) is 0 Å². The standard InChI is InChI=1S/C20H23N3O3/c1-13-9-20(22-14(2)17(13)10-21)23-18-7-8-25-12-19(18)26-16-5-3-15(11-24)4-6-16/h3-6,9,18-19,24H,7-8,11-12H2,1-2H3,(H,22,23)/t18-,19-/m1/s1. The predicted molar refractivity (Wildman–Crippen MR) is 98.1 cm³/mol. The SMILES string of the molecule is Cc1cc(N[C@@H]2CCOC[C@H]2Oc2ccc(CO)cc2)nc(C)c1C#N. The Kier molecular flexibility index (Phi) is 5.71. The predicted octanol–water partition coefficient (Wildman–Crippen LogP) is 2.71. The van der Waals surface area contributed by atoms with Crippen molar-refractivity contribution in [3.05, 3.63) is 52.7 Å². The Balaban J connectivity index is 1.73. The van der Waals surface area contributed by atoms with Crippen LogP contribution < -0.4 is 10.1 Å². The van der Waals surface area contributed by atoms with Crippen molar-refractivity contribution >= 4 is 5.82 Å². The van der Waals surface area contributed by atoms with Crippen LogP contribution in [0, 0.1) is 25.2 Å². The molecule has 6 nitrogen and oxygen atoms in total. The first-order valence-electron chi connectivity index (χ1n) is 8.70. The number of aromatic nitrogens is 1. The van der Waals surface area contributed by atoms with Gasteiger partial charge < -0.3 is 19.9 Å². The van der Waals surface area contributed by atoms with Crippen molar-refractivity contribution in [1.29, 1.82) is 5.26 Å². The lowest BCUT2D eigenvalue weighted by Gasteiger charge is -2.33. The van der Waals surface area contributed by atoms with E-state index in [2.05, 4.69) is 16.4 Å². The summed E-state index contributed by atoms with van der Waals surface area (Å²) in [6, 6.07) is 11.5. The van der Waals surface area contributed by atoms with Gasteiger partial charge in [0.15, 0.2) is 0 Å². The highest BCUT2D eigenvalue weighted by Crippen LogP contribution is 2.22. The van der Waals surface area contributed by atoms with Crippen LogP contribution in [0.4, 0.5) is 5.82 Å². The number of hydrogen-bond donors (Lipinski definition) is 2. The molecule has 2 aromatic rings. The van der Waals surface area contributed by atoms with Crippen molar-refractivity contribution in [2.75, 3.05) is 18.5 Å². The van der Waals surface area contributed by atoms with Gasteiger partial charge in [-0.15, -0.1) is 0 Å². The van der Waals surface area contributed by atoms with E-state index in [-0.39, 0.29) is 18.8 Å². The van der Waals surface area contributed by atoms with Crippen LogP contribution in [-0.2, 0) is 11.3 Å². The molecule has 1 aromatic heterocycles. The average Bonchev–Trinajstić information content (AvgIpc) is 2.64. The summed E-state index contributed by atoms with van der Waals surface area (Å²) in [5.41, 5.74) is 3.10. The Labute approximate surface area is 153 Å². The van der Waals surface area contributed by atoms with Crippen molar-refractivity contribution in [3.63, 3.8) is 0 Å². The molecular weight excluding hydrogens is 330 g/mol. The molecule has 0 spiro atoms. The molecule has 1 aromatic carbocycles. The second-order valence-electron chi connectivity index (χ2n) is 6.47. The zero-order valence-corrected chi connectivity index (χ0v) is 15.0. The molecule has 136 valence electrons. The molecule has 3 rings (SSSR count). The van der Waals surface area contributed by atoms with E-state index in [0.717, 1.165) is 34.8 Å². The van der Waals surface area contributed by atoms with Crippen molar-refractivity contribution in [2.24, 2.45) is 0 Å². The number of nitrogens with zero attached hydrogens (tertiary/aromatic N) is 2. The fraction of sp³-hybridized carbons (Fsp3) is 0.400. The second kappa shape index (κ2) is 8.17. The molecule has 1 saturated heterocycles. The molecule has 0 radical (unpaired) electrons. The van der Waals surface area contributed by atoms with Crippen molar-refractivity contribution in [1.82, 2.24) is 4.98 Å². The lowest BCUT2D eigenvalue weighted by atomic mass is 10.0. The lowest BCUT2D eigenvalue weighted by Crippen LogP contribution is -2.45. The molecule has 1 fully saturated rings. The van der Waals surface area contributed by atoms with Gasteiger partial charge in [0, 0.05) is 6.61 Å². The molecule has 6 heteroatoms. The van der Waals surface area contributed by atoms with Crippen molar-refractivity contribution in [2.45, 2.75) is 39.0 Å². The van der Waals surface area contributed by atoms with E-state index in [1.165, 1.54) is 0 Å². The fourth-order valence-corrected chi connectivity index (χ4v) is 3.11. The summed E-state index contributed by atoms with van der Waals surface area (Å²) in [7, 11) is 0. The summed E-state index contributed by atoms with van der Waals surface area (Å²) in [6.07, 6.45) is 0.654. The monoisotopic (exact) mass is 353 g/mol. The Morgan fingerprint density at radius 1 is 1.35 bits per heavy atom. The van der Waals surface area contributed by atoms with E-state index < -0.39 is 0 Å². The van der Waals surface area contributed by atoms with Gasteiger partial charge in [0.25, 0.3) is 0 Å². The number of aryl methyl sites for hydroxylation is 2. The maximum Gasteiger partial charge on any atom is 0.142 e. The van der Waals surface area contributed by atoms with E-state index in [1.807, 2.05) is 44.2 Å². The van der Waals surface area contributed by atoms with E-state index >= 15 is 0 Å². The van der Waals surface area contributed by atoms with Gasteiger partial charge in [-0.2, -0.15) is 5.26 Å². The van der Waals surface area contributed by atoms with E-state index in [9.17, 15) is 5.26 Å². The summed E-state index contributed by atoms with van der Waals surface area (Å²) < 4.78 is 11.7. The smallest absolute Gasteiger partial charge is 0.142 e. The summed E-state index contributed by atoms with van der Waals surface area (Å²) in [6.45, 7) is 4.93. The van der Waals surface area contributed by atoms with Crippen LogP contribution in [0.1, 0.15) is 28.8 Å². The van der Waals surface area contributed by atoms with Crippen LogP contribution in [0.5, 0.6) is 5.75 Å². The Morgan fingerprint density at radius 3 is 2.77 bits per heavy atom. The van der Waals surface area contributed by atoms with Crippen LogP contribution in [0.25, 0.3) is 0 Å². The minimum absolute atomic E-state index is 0.0140. The molecule has 2 heterocycles. The van der Waals surface area contributed by atoms with Gasteiger partial charge in [0.1, 0.15) is 23.7 Å². The third-order valence-corrected chi connectivity index (χ3v) is 4.54. The molecule has 0 saturated carbocycles. The zero-order valence-electron chi connectivity index (χ0n) is 15.0. The molecule has 1 aliphatic heterocycles. The number of benzene rings is 1. The molecule has 2 N–H and O–H groups in total. The number of pyridine rings is 1. The average molecular weight is 353 g/mol. The maximum atomic E-state index is 9.19. The number of nitriles is 1. The molecular formula is C20H23N3O3. The highest BCUT2D eigenvalue weighted by Gasteiger charge is 2.28. The second-order valence-corrected chi connectivity index (χ2v) is 6.47. The molecule has 2 atom stereocenters. The largest absolute Gasteiger partial charge is 0.486 e. The third-order valence-electron chi connectivity index (χ3n) is 4.54. The quantitative estimate of drug-likeness (QED) is 0.859. The summed E-state index contributed by atoms with van der Waals surface area (Å²) in [4.78, 5) is 4.51. The number of aliphatic hydroxyl groups excluding tert-OH is 1.